The zero-order valence-electron chi connectivity index (χ0n) is 12.8. The van der Waals surface area contributed by atoms with Crippen molar-refractivity contribution in [3.05, 3.63) is 72.1 Å². The summed E-state index contributed by atoms with van der Waals surface area (Å²) >= 11 is 0. The summed E-state index contributed by atoms with van der Waals surface area (Å²) in [5.74, 6) is -0.450. The molecule has 1 aromatic heterocycles. The number of aromatic nitrogens is 1. The van der Waals surface area contributed by atoms with Crippen molar-refractivity contribution in [2.75, 3.05) is 7.11 Å². The van der Waals surface area contributed by atoms with E-state index in [1.165, 1.54) is 35.6 Å². The van der Waals surface area contributed by atoms with Crippen LogP contribution in [0.2, 0.25) is 0 Å². The highest BCUT2D eigenvalue weighted by molar-refractivity contribution is 7.90. The van der Waals surface area contributed by atoms with Gasteiger partial charge in [0.25, 0.3) is 10.0 Å². The molecule has 0 N–H and O–H groups in total. The van der Waals surface area contributed by atoms with Crippen LogP contribution in [0.4, 0.5) is 0 Å². The molecule has 0 atom stereocenters. The number of carbonyl (C=O) groups excluding carboxylic acids is 1. The zero-order valence-corrected chi connectivity index (χ0v) is 13.7. The predicted molar refractivity (Wildman–Crippen MR) is 88.4 cm³/mol. The summed E-state index contributed by atoms with van der Waals surface area (Å²) in [4.78, 5) is 11.1. The molecule has 1 heterocycles. The number of methoxy groups -OCH3 is 1. The molecule has 0 fully saturated rings. The van der Waals surface area contributed by atoms with Crippen molar-refractivity contribution in [1.29, 1.82) is 0 Å². The SMILES string of the molecule is COC(=O)/C=C/C=C/c1ccn(S(=O)(=O)c2ccc(C)cc2)c1. The Balaban J connectivity index is 2.18. The molecule has 2 aromatic rings. The van der Waals surface area contributed by atoms with Gasteiger partial charge >= 0.3 is 5.97 Å². The molecule has 6 heteroatoms. The van der Waals surface area contributed by atoms with E-state index in [0.29, 0.717) is 5.56 Å². The monoisotopic (exact) mass is 331 g/mol. The Kier molecular flexibility index (Phi) is 5.18. The minimum atomic E-state index is -3.59. The van der Waals surface area contributed by atoms with E-state index in [2.05, 4.69) is 4.74 Å². The third-order valence-electron chi connectivity index (χ3n) is 3.12. The molecule has 120 valence electrons. The topological polar surface area (TPSA) is 65.4 Å². The Bertz CT molecular complexity index is 843. The molecular formula is C17H17NO4S. The Morgan fingerprint density at radius 3 is 2.48 bits per heavy atom. The van der Waals surface area contributed by atoms with E-state index in [1.54, 1.807) is 42.5 Å². The van der Waals surface area contributed by atoms with Gasteiger partial charge in [0.15, 0.2) is 0 Å². The van der Waals surface area contributed by atoms with Crippen molar-refractivity contribution in [2.24, 2.45) is 0 Å². The van der Waals surface area contributed by atoms with Gasteiger partial charge in [0.05, 0.1) is 12.0 Å². The highest BCUT2D eigenvalue weighted by atomic mass is 32.2. The summed E-state index contributed by atoms with van der Waals surface area (Å²) in [5, 5.41) is 0. The number of aryl methyl sites for hydroxylation is 1. The molecule has 23 heavy (non-hydrogen) atoms. The van der Waals surface area contributed by atoms with Crippen LogP contribution in [0.3, 0.4) is 0 Å². The smallest absolute Gasteiger partial charge is 0.330 e. The van der Waals surface area contributed by atoms with Gasteiger partial charge in [-0.15, -0.1) is 0 Å². The molecule has 0 saturated heterocycles. The van der Waals surface area contributed by atoms with Gasteiger partial charge in [-0.3, -0.25) is 0 Å². The normalized spacial score (nSPS) is 12.1. The zero-order chi connectivity index (χ0) is 16.9. The van der Waals surface area contributed by atoms with Crippen LogP contribution in [0.1, 0.15) is 11.1 Å². The van der Waals surface area contributed by atoms with Crippen LogP contribution in [0.15, 0.2) is 65.8 Å². The molecule has 2 rings (SSSR count). The number of ether oxygens (including phenoxy) is 1. The summed E-state index contributed by atoms with van der Waals surface area (Å²) in [5.41, 5.74) is 1.70. The standard InChI is InChI=1S/C17H17NO4S/c1-14-7-9-16(10-8-14)23(20,21)18-12-11-15(13-18)5-3-4-6-17(19)22-2/h3-13H,1-2H3/b5-3+,6-4+. The van der Waals surface area contributed by atoms with Crippen molar-refractivity contribution in [3.8, 4) is 0 Å². The first kappa shape index (κ1) is 16.8. The molecule has 0 amide bonds. The van der Waals surface area contributed by atoms with E-state index in [9.17, 15) is 13.2 Å². The molecule has 0 spiro atoms. The number of nitrogens with zero attached hydrogens (tertiary/aromatic N) is 1. The van der Waals surface area contributed by atoms with Crippen LogP contribution in [0.25, 0.3) is 6.08 Å². The number of hydrogen-bond acceptors (Lipinski definition) is 4. The minimum Gasteiger partial charge on any atom is -0.466 e. The lowest BCUT2D eigenvalue weighted by Gasteiger charge is -2.05. The van der Waals surface area contributed by atoms with Crippen molar-refractivity contribution >= 4 is 22.1 Å². The predicted octanol–water partition coefficient (Wildman–Crippen LogP) is 2.78. The second-order valence-corrected chi connectivity index (χ2v) is 6.68. The largest absolute Gasteiger partial charge is 0.466 e. The fourth-order valence-electron chi connectivity index (χ4n) is 1.84. The molecule has 0 aliphatic heterocycles. The van der Waals surface area contributed by atoms with E-state index >= 15 is 0 Å². The molecule has 0 aliphatic carbocycles. The van der Waals surface area contributed by atoms with Gasteiger partial charge in [-0.05, 0) is 30.7 Å². The van der Waals surface area contributed by atoms with Crippen molar-refractivity contribution in [1.82, 2.24) is 3.97 Å². The second-order valence-electron chi connectivity index (χ2n) is 4.83. The lowest BCUT2D eigenvalue weighted by molar-refractivity contribution is -0.134. The second kappa shape index (κ2) is 7.11. The summed E-state index contributed by atoms with van der Waals surface area (Å²) in [7, 11) is -2.29. The lowest BCUT2D eigenvalue weighted by atomic mass is 10.2. The maximum absolute atomic E-state index is 12.5. The molecule has 0 radical (unpaired) electrons. The third-order valence-corrected chi connectivity index (χ3v) is 4.77. The van der Waals surface area contributed by atoms with Crippen molar-refractivity contribution in [2.45, 2.75) is 11.8 Å². The summed E-state index contributed by atoms with van der Waals surface area (Å²) in [6.45, 7) is 1.90. The molecule has 0 bridgehead atoms. The Morgan fingerprint density at radius 1 is 1.13 bits per heavy atom. The summed E-state index contributed by atoms with van der Waals surface area (Å²) in [6, 6.07) is 8.36. The minimum absolute atomic E-state index is 0.236. The van der Waals surface area contributed by atoms with E-state index < -0.39 is 16.0 Å². The lowest BCUT2D eigenvalue weighted by Crippen LogP contribution is -2.10. The van der Waals surface area contributed by atoms with Crippen LogP contribution in [-0.4, -0.2) is 25.5 Å². The number of carbonyl (C=O) groups is 1. The van der Waals surface area contributed by atoms with Crippen LogP contribution in [0.5, 0.6) is 0 Å². The third kappa shape index (κ3) is 4.20. The quantitative estimate of drug-likeness (QED) is 0.480. The van der Waals surface area contributed by atoms with E-state index in [4.69, 9.17) is 0 Å². The summed E-state index contributed by atoms with van der Waals surface area (Å²) in [6.07, 6.45) is 9.13. The highest BCUT2D eigenvalue weighted by Gasteiger charge is 2.15. The van der Waals surface area contributed by atoms with Gasteiger partial charge in [0.1, 0.15) is 0 Å². The molecular weight excluding hydrogens is 314 g/mol. The van der Waals surface area contributed by atoms with E-state index in [1.807, 2.05) is 6.92 Å². The van der Waals surface area contributed by atoms with E-state index in [0.717, 1.165) is 5.56 Å². The van der Waals surface area contributed by atoms with Gasteiger partial charge in [-0.2, -0.15) is 0 Å². The van der Waals surface area contributed by atoms with Crippen molar-refractivity contribution < 1.29 is 17.9 Å². The van der Waals surface area contributed by atoms with Gasteiger partial charge in [-0.25, -0.2) is 17.2 Å². The van der Waals surface area contributed by atoms with Crippen LogP contribution in [-0.2, 0) is 19.6 Å². The molecule has 1 aromatic carbocycles. The molecule has 0 aliphatic rings. The number of esters is 1. The number of rotatable bonds is 5. The summed E-state index contributed by atoms with van der Waals surface area (Å²) < 4.78 is 30.6. The van der Waals surface area contributed by atoms with Crippen LogP contribution < -0.4 is 0 Å². The highest BCUT2D eigenvalue weighted by Crippen LogP contribution is 2.16. The maximum atomic E-state index is 12.5. The number of hydrogen-bond donors (Lipinski definition) is 0. The number of benzene rings is 1. The Morgan fingerprint density at radius 2 is 1.83 bits per heavy atom. The first-order chi connectivity index (χ1) is 10.9. The van der Waals surface area contributed by atoms with Gasteiger partial charge in [-0.1, -0.05) is 35.9 Å². The molecule has 0 unspecified atom stereocenters. The first-order valence-corrected chi connectivity index (χ1v) is 8.30. The average molecular weight is 331 g/mol. The fraction of sp³-hybridized carbons (Fsp3) is 0.118. The number of allylic oxidation sites excluding steroid dienone is 2. The molecule has 5 nitrogen and oxygen atoms in total. The molecule has 0 saturated carbocycles. The van der Waals surface area contributed by atoms with Crippen LogP contribution >= 0.6 is 0 Å². The Labute approximate surface area is 135 Å². The first-order valence-electron chi connectivity index (χ1n) is 6.86. The van der Waals surface area contributed by atoms with Crippen molar-refractivity contribution in [3.63, 3.8) is 0 Å². The average Bonchev–Trinajstić information content (AvgIpc) is 3.01. The van der Waals surface area contributed by atoms with Gasteiger partial charge in [0, 0.05) is 18.5 Å². The maximum Gasteiger partial charge on any atom is 0.330 e. The van der Waals surface area contributed by atoms with Gasteiger partial charge in [0.2, 0.25) is 0 Å². The van der Waals surface area contributed by atoms with Crippen LogP contribution in [0, 0.1) is 6.92 Å². The van der Waals surface area contributed by atoms with E-state index in [-0.39, 0.29) is 4.90 Å². The Hall–Kier alpha value is -2.60. The fourth-order valence-corrected chi connectivity index (χ4v) is 3.05. The van der Waals surface area contributed by atoms with Gasteiger partial charge < -0.3 is 4.74 Å².